The zero-order valence-electron chi connectivity index (χ0n) is 24.8. The van der Waals surface area contributed by atoms with Gasteiger partial charge in [-0.3, -0.25) is 4.98 Å². The Balaban J connectivity index is 1.27. The van der Waals surface area contributed by atoms with Crippen molar-refractivity contribution in [3.8, 4) is 11.3 Å². The Bertz CT molecular complexity index is 2120. The van der Waals surface area contributed by atoms with Crippen molar-refractivity contribution in [1.29, 1.82) is 0 Å². The maximum Gasteiger partial charge on any atom is 0.0972 e. The quantitative estimate of drug-likeness (QED) is 0.206. The number of pyridine rings is 4. The van der Waals surface area contributed by atoms with Crippen LogP contribution in [-0.4, -0.2) is 19.9 Å². The number of aromatic nitrogens is 4. The number of fused-ring (bicyclic) bond motifs is 6. The predicted octanol–water partition coefficient (Wildman–Crippen LogP) is 9.36. The number of nitrogens with zero attached hydrogens (tertiary/aromatic N) is 4. The first kappa shape index (κ1) is 26.2. The first-order valence-corrected chi connectivity index (χ1v) is 14.6. The van der Waals surface area contributed by atoms with Crippen molar-refractivity contribution in [2.45, 2.75) is 51.9 Å². The first-order valence-electron chi connectivity index (χ1n) is 14.6. The summed E-state index contributed by atoms with van der Waals surface area (Å²) in [6.07, 6.45) is 2.83. The highest BCUT2D eigenvalue weighted by molar-refractivity contribution is 6.04. The second kappa shape index (κ2) is 9.70. The van der Waals surface area contributed by atoms with Crippen LogP contribution >= 0.6 is 0 Å². The molecule has 4 aromatic heterocycles. The smallest absolute Gasteiger partial charge is 0.0972 e. The van der Waals surface area contributed by atoms with E-state index in [1.54, 1.807) is 0 Å². The van der Waals surface area contributed by atoms with Crippen LogP contribution in [0.25, 0.3) is 54.9 Å². The van der Waals surface area contributed by atoms with Gasteiger partial charge in [-0.25, -0.2) is 15.0 Å². The van der Waals surface area contributed by atoms with Gasteiger partial charge in [0.25, 0.3) is 0 Å². The van der Waals surface area contributed by atoms with Crippen molar-refractivity contribution in [1.82, 2.24) is 19.9 Å². The fourth-order valence-corrected chi connectivity index (χ4v) is 5.86. The monoisotopic (exact) mass is 546 g/mol. The van der Waals surface area contributed by atoms with E-state index < -0.39 is 0 Å². The van der Waals surface area contributed by atoms with Gasteiger partial charge < -0.3 is 0 Å². The number of rotatable bonds is 4. The molecule has 0 fully saturated rings. The summed E-state index contributed by atoms with van der Waals surface area (Å²) in [7, 11) is 0. The normalized spacial score (nSPS) is 12.5. The van der Waals surface area contributed by atoms with Gasteiger partial charge in [0.2, 0.25) is 0 Å². The molecule has 0 aliphatic rings. The van der Waals surface area contributed by atoms with Crippen molar-refractivity contribution in [2.75, 3.05) is 0 Å². The Hall–Kier alpha value is -4.70. The summed E-state index contributed by atoms with van der Waals surface area (Å²) in [5.41, 5.74) is 8.95. The van der Waals surface area contributed by atoms with Gasteiger partial charge >= 0.3 is 0 Å². The Morgan fingerprint density at radius 1 is 0.524 bits per heavy atom. The van der Waals surface area contributed by atoms with Gasteiger partial charge in [0.15, 0.2) is 0 Å². The Morgan fingerprint density at radius 2 is 1.07 bits per heavy atom. The lowest BCUT2D eigenvalue weighted by molar-refractivity contribution is 0.507. The third-order valence-electron chi connectivity index (χ3n) is 8.26. The van der Waals surface area contributed by atoms with Crippen LogP contribution in [-0.2, 0) is 17.3 Å². The lowest BCUT2D eigenvalue weighted by Crippen LogP contribution is -2.22. The van der Waals surface area contributed by atoms with E-state index in [2.05, 4.69) is 113 Å². The van der Waals surface area contributed by atoms with E-state index in [1.165, 1.54) is 5.56 Å². The molecule has 0 saturated carbocycles. The minimum absolute atomic E-state index is 0.0167. The summed E-state index contributed by atoms with van der Waals surface area (Å²) in [5.74, 6) is 0. The van der Waals surface area contributed by atoms with E-state index in [0.29, 0.717) is 0 Å². The van der Waals surface area contributed by atoms with Gasteiger partial charge in [-0.05, 0) is 36.2 Å². The highest BCUT2D eigenvalue weighted by atomic mass is 14.8. The maximum absolute atomic E-state index is 5.25. The van der Waals surface area contributed by atoms with E-state index in [4.69, 9.17) is 19.9 Å². The molecule has 42 heavy (non-hydrogen) atoms. The third-order valence-corrected chi connectivity index (χ3v) is 8.26. The SMILES string of the molecule is CC(C)(C)c1ccc2ccc3cc(CC(C)(C)c4ccc5ccc6ccc(-c7ccccc7)nc6c5n4)cnc3c2n1. The third kappa shape index (κ3) is 4.67. The van der Waals surface area contributed by atoms with E-state index in [0.717, 1.165) is 72.7 Å². The molecule has 0 radical (unpaired) electrons. The van der Waals surface area contributed by atoms with Crippen LogP contribution in [0.15, 0.2) is 103 Å². The molecule has 0 bridgehead atoms. The molecular weight excluding hydrogens is 512 g/mol. The molecule has 0 amide bonds. The van der Waals surface area contributed by atoms with E-state index in [-0.39, 0.29) is 10.8 Å². The summed E-state index contributed by atoms with van der Waals surface area (Å²) in [4.78, 5) is 20.3. The molecule has 0 aliphatic heterocycles. The fourth-order valence-electron chi connectivity index (χ4n) is 5.86. The molecule has 4 heteroatoms. The van der Waals surface area contributed by atoms with Crippen molar-refractivity contribution in [2.24, 2.45) is 0 Å². The van der Waals surface area contributed by atoms with Gasteiger partial charge in [0, 0.05) is 55.5 Å². The minimum atomic E-state index is -0.211. The molecule has 0 saturated heterocycles. The fraction of sp³-hybridized carbons (Fsp3) is 0.211. The highest BCUT2D eigenvalue weighted by Gasteiger charge is 2.24. The summed E-state index contributed by atoms with van der Waals surface area (Å²) in [5, 5.41) is 4.43. The molecule has 0 atom stereocenters. The Labute approximate surface area is 246 Å². The van der Waals surface area contributed by atoms with Crippen LogP contribution in [0.4, 0.5) is 0 Å². The van der Waals surface area contributed by atoms with E-state index >= 15 is 0 Å². The van der Waals surface area contributed by atoms with Crippen molar-refractivity contribution < 1.29 is 0 Å². The average molecular weight is 547 g/mol. The number of hydrogen-bond donors (Lipinski definition) is 0. The predicted molar refractivity (Wildman–Crippen MR) is 175 cm³/mol. The molecule has 0 N–H and O–H groups in total. The van der Waals surface area contributed by atoms with Crippen molar-refractivity contribution >= 4 is 43.6 Å². The van der Waals surface area contributed by atoms with E-state index in [9.17, 15) is 0 Å². The van der Waals surface area contributed by atoms with Crippen molar-refractivity contribution in [3.63, 3.8) is 0 Å². The van der Waals surface area contributed by atoms with E-state index in [1.807, 2.05) is 24.4 Å². The molecule has 7 rings (SSSR count). The summed E-state index contributed by atoms with van der Waals surface area (Å²) in [6.45, 7) is 11.1. The Kier molecular flexibility index (Phi) is 6.05. The second-order valence-corrected chi connectivity index (χ2v) is 13.0. The topological polar surface area (TPSA) is 51.6 Å². The van der Waals surface area contributed by atoms with Gasteiger partial charge in [0.05, 0.1) is 27.8 Å². The molecule has 0 unspecified atom stereocenters. The lowest BCUT2D eigenvalue weighted by atomic mass is 9.82. The zero-order valence-corrected chi connectivity index (χ0v) is 24.8. The standard InChI is InChI=1S/C38H34N4/c1-37(2,3)31-19-16-27-13-14-29-21-24(23-39-33(29)34(27)41-31)22-38(4,5)32-20-17-28-12-11-26-15-18-30(25-9-7-6-8-10-25)40-35(26)36(28)42-32/h6-21,23H,22H2,1-5H3. The Morgan fingerprint density at radius 3 is 1.76 bits per heavy atom. The number of benzene rings is 3. The molecule has 7 aromatic rings. The lowest BCUT2D eigenvalue weighted by Gasteiger charge is -2.25. The summed E-state index contributed by atoms with van der Waals surface area (Å²) >= 11 is 0. The molecule has 4 nitrogen and oxygen atoms in total. The zero-order chi connectivity index (χ0) is 29.1. The van der Waals surface area contributed by atoms with Crippen LogP contribution in [0.2, 0.25) is 0 Å². The summed E-state index contributed by atoms with van der Waals surface area (Å²) in [6, 6.07) is 34.0. The minimum Gasteiger partial charge on any atom is -0.254 e. The van der Waals surface area contributed by atoms with Crippen LogP contribution in [0.3, 0.4) is 0 Å². The maximum atomic E-state index is 5.25. The molecule has 206 valence electrons. The van der Waals surface area contributed by atoms with Crippen LogP contribution in [0.1, 0.15) is 51.6 Å². The second-order valence-electron chi connectivity index (χ2n) is 13.0. The molecule has 4 heterocycles. The molecule has 0 spiro atoms. The molecule has 3 aromatic carbocycles. The van der Waals surface area contributed by atoms with Gasteiger partial charge in [-0.1, -0.05) is 107 Å². The van der Waals surface area contributed by atoms with Gasteiger partial charge in [-0.15, -0.1) is 0 Å². The molecular formula is C38H34N4. The summed E-state index contributed by atoms with van der Waals surface area (Å²) < 4.78 is 0. The largest absolute Gasteiger partial charge is 0.254 e. The van der Waals surface area contributed by atoms with Crippen LogP contribution < -0.4 is 0 Å². The van der Waals surface area contributed by atoms with Crippen LogP contribution in [0, 0.1) is 0 Å². The average Bonchev–Trinajstić information content (AvgIpc) is 2.99. The van der Waals surface area contributed by atoms with Crippen molar-refractivity contribution in [3.05, 3.63) is 120 Å². The van der Waals surface area contributed by atoms with Gasteiger partial charge in [0.1, 0.15) is 0 Å². The first-order chi connectivity index (χ1) is 20.2. The van der Waals surface area contributed by atoms with Gasteiger partial charge in [-0.2, -0.15) is 0 Å². The van der Waals surface area contributed by atoms with Crippen LogP contribution in [0.5, 0.6) is 0 Å². The molecule has 0 aliphatic carbocycles. The number of hydrogen-bond acceptors (Lipinski definition) is 4. The highest BCUT2D eigenvalue weighted by Crippen LogP contribution is 2.33.